The molecule has 0 saturated carbocycles. The Morgan fingerprint density at radius 1 is 1.13 bits per heavy atom. The molecule has 1 heterocycles. The van der Waals surface area contributed by atoms with Crippen LogP contribution in [0.2, 0.25) is 0 Å². The fourth-order valence-corrected chi connectivity index (χ4v) is 1.48. The van der Waals surface area contributed by atoms with Crippen LogP contribution in [-0.2, 0) is 0 Å². The molecule has 76 valence electrons. The normalized spacial score (nSPS) is 10.3. The van der Waals surface area contributed by atoms with Crippen molar-refractivity contribution in [1.29, 1.82) is 0 Å². The molecule has 0 aliphatic heterocycles. The first-order chi connectivity index (χ1) is 7.16. The second kappa shape index (κ2) is 3.69. The molecule has 0 aliphatic carbocycles. The zero-order valence-electron chi connectivity index (χ0n) is 8.74. The van der Waals surface area contributed by atoms with Crippen LogP contribution in [0.1, 0.15) is 11.1 Å². The number of aromatic amines is 1. The summed E-state index contributed by atoms with van der Waals surface area (Å²) in [6.07, 6.45) is 1.59. The summed E-state index contributed by atoms with van der Waals surface area (Å²) in [4.78, 5) is 17.5. The Morgan fingerprint density at radius 3 is 2.47 bits per heavy atom. The van der Waals surface area contributed by atoms with Gasteiger partial charge in [-0.15, -0.1) is 0 Å². The summed E-state index contributed by atoms with van der Waals surface area (Å²) in [5.41, 5.74) is 3.72. The smallest absolute Gasteiger partial charge is 0.305 e. The number of aryl methyl sites for hydroxylation is 2. The predicted octanol–water partition coefficient (Wildman–Crippen LogP) is 2.05. The second-order valence-corrected chi connectivity index (χ2v) is 3.61. The molecular weight excluding hydrogens is 188 g/mol. The molecule has 1 N–H and O–H groups in total. The number of hydrogen-bond acceptors (Lipinski definition) is 2. The van der Waals surface area contributed by atoms with Crippen molar-refractivity contribution in [3.63, 3.8) is 0 Å². The van der Waals surface area contributed by atoms with Crippen molar-refractivity contribution in [3.05, 3.63) is 52.1 Å². The Labute approximate surface area is 87.8 Å². The van der Waals surface area contributed by atoms with E-state index < -0.39 is 0 Å². The third-order valence-electron chi connectivity index (χ3n) is 2.34. The van der Waals surface area contributed by atoms with Gasteiger partial charge in [0, 0.05) is 6.20 Å². The molecule has 1 aromatic carbocycles. The monoisotopic (exact) mass is 200 g/mol. The van der Waals surface area contributed by atoms with Gasteiger partial charge in [-0.1, -0.05) is 29.8 Å². The first-order valence-corrected chi connectivity index (χ1v) is 4.80. The first-order valence-electron chi connectivity index (χ1n) is 4.80. The number of nitrogens with zero attached hydrogens (tertiary/aromatic N) is 1. The molecule has 2 rings (SSSR count). The molecule has 2 aromatic rings. The van der Waals surface area contributed by atoms with Crippen LogP contribution in [0.15, 0.2) is 35.3 Å². The zero-order valence-corrected chi connectivity index (χ0v) is 8.74. The Bertz CT molecular complexity index is 526. The molecule has 0 spiro atoms. The van der Waals surface area contributed by atoms with Crippen molar-refractivity contribution in [2.24, 2.45) is 0 Å². The van der Waals surface area contributed by atoms with Gasteiger partial charge in [-0.2, -0.15) is 0 Å². The number of H-pyrrole nitrogens is 1. The minimum atomic E-state index is -0.309. The molecule has 0 radical (unpaired) electrons. The summed E-state index contributed by atoms with van der Waals surface area (Å²) in [5, 5.41) is 0. The summed E-state index contributed by atoms with van der Waals surface area (Å²) in [6, 6.07) is 8.03. The van der Waals surface area contributed by atoms with Gasteiger partial charge in [-0.3, -0.25) is 0 Å². The van der Waals surface area contributed by atoms with Crippen molar-refractivity contribution in [2.45, 2.75) is 13.8 Å². The highest BCUT2D eigenvalue weighted by molar-refractivity contribution is 5.62. The lowest BCUT2D eigenvalue weighted by Crippen LogP contribution is -2.11. The van der Waals surface area contributed by atoms with Crippen LogP contribution in [-0.4, -0.2) is 9.97 Å². The van der Waals surface area contributed by atoms with Gasteiger partial charge in [0.1, 0.15) is 0 Å². The number of hydrogen-bond donors (Lipinski definition) is 1. The van der Waals surface area contributed by atoms with Gasteiger partial charge < -0.3 is 4.98 Å². The van der Waals surface area contributed by atoms with Gasteiger partial charge in [0.25, 0.3) is 0 Å². The van der Waals surface area contributed by atoms with E-state index in [4.69, 9.17) is 0 Å². The Morgan fingerprint density at radius 2 is 1.80 bits per heavy atom. The van der Waals surface area contributed by atoms with Crippen molar-refractivity contribution in [3.8, 4) is 11.3 Å². The van der Waals surface area contributed by atoms with Crippen LogP contribution in [0.4, 0.5) is 0 Å². The number of aromatic nitrogens is 2. The fourth-order valence-electron chi connectivity index (χ4n) is 1.48. The largest absolute Gasteiger partial charge is 0.345 e. The van der Waals surface area contributed by atoms with Crippen LogP contribution in [0.3, 0.4) is 0 Å². The Balaban J connectivity index is 2.58. The molecule has 0 saturated heterocycles. The van der Waals surface area contributed by atoms with Gasteiger partial charge in [-0.05, 0) is 25.0 Å². The van der Waals surface area contributed by atoms with Crippen LogP contribution in [0.5, 0.6) is 0 Å². The van der Waals surface area contributed by atoms with E-state index in [0.29, 0.717) is 0 Å². The van der Waals surface area contributed by atoms with Gasteiger partial charge >= 0.3 is 5.69 Å². The molecule has 0 atom stereocenters. The molecule has 0 unspecified atom stereocenters. The van der Waals surface area contributed by atoms with E-state index in [0.717, 1.165) is 16.8 Å². The topological polar surface area (TPSA) is 45.8 Å². The SMILES string of the molecule is Cc1ccc(-c2[nH]c(=O)ncc2C)cc1. The highest BCUT2D eigenvalue weighted by Gasteiger charge is 2.02. The third kappa shape index (κ3) is 1.96. The molecule has 0 aliphatic rings. The predicted molar refractivity (Wildman–Crippen MR) is 59.8 cm³/mol. The van der Waals surface area contributed by atoms with Crippen molar-refractivity contribution < 1.29 is 0 Å². The Kier molecular flexibility index (Phi) is 2.37. The maximum Gasteiger partial charge on any atom is 0.345 e. The van der Waals surface area contributed by atoms with E-state index in [1.54, 1.807) is 6.20 Å². The van der Waals surface area contributed by atoms with E-state index >= 15 is 0 Å². The minimum Gasteiger partial charge on any atom is -0.305 e. The van der Waals surface area contributed by atoms with Gasteiger partial charge in [0.15, 0.2) is 0 Å². The summed E-state index contributed by atoms with van der Waals surface area (Å²) < 4.78 is 0. The van der Waals surface area contributed by atoms with Crippen molar-refractivity contribution in [2.75, 3.05) is 0 Å². The first kappa shape index (κ1) is 9.65. The maximum absolute atomic E-state index is 11.1. The lowest BCUT2D eigenvalue weighted by Gasteiger charge is -2.04. The van der Waals surface area contributed by atoms with E-state index in [1.807, 2.05) is 38.1 Å². The summed E-state index contributed by atoms with van der Waals surface area (Å²) in [6.45, 7) is 3.96. The molecule has 0 bridgehead atoms. The molecule has 0 amide bonds. The number of nitrogens with one attached hydrogen (secondary N) is 1. The van der Waals surface area contributed by atoms with Gasteiger partial charge in [0.05, 0.1) is 5.69 Å². The maximum atomic E-state index is 11.1. The minimum absolute atomic E-state index is 0.309. The van der Waals surface area contributed by atoms with Crippen LogP contribution in [0.25, 0.3) is 11.3 Å². The van der Waals surface area contributed by atoms with Crippen LogP contribution in [0, 0.1) is 13.8 Å². The third-order valence-corrected chi connectivity index (χ3v) is 2.34. The molecule has 3 nitrogen and oxygen atoms in total. The lowest BCUT2D eigenvalue weighted by molar-refractivity contribution is 1.06. The standard InChI is InChI=1S/C12H12N2O/c1-8-3-5-10(6-4-8)11-9(2)7-13-12(15)14-11/h3-7H,1-2H3,(H,13,14,15). The van der Waals surface area contributed by atoms with Crippen molar-refractivity contribution in [1.82, 2.24) is 9.97 Å². The van der Waals surface area contributed by atoms with E-state index in [-0.39, 0.29) is 5.69 Å². The molecule has 15 heavy (non-hydrogen) atoms. The molecule has 3 heteroatoms. The van der Waals surface area contributed by atoms with Gasteiger partial charge in [-0.25, -0.2) is 9.78 Å². The summed E-state index contributed by atoms with van der Waals surface area (Å²) in [7, 11) is 0. The average Bonchev–Trinajstić information content (AvgIpc) is 2.23. The van der Waals surface area contributed by atoms with Crippen LogP contribution < -0.4 is 5.69 Å². The van der Waals surface area contributed by atoms with Crippen LogP contribution >= 0.6 is 0 Å². The second-order valence-electron chi connectivity index (χ2n) is 3.61. The highest BCUT2D eigenvalue weighted by Crippen LogP contribution is 2.18. The molecule has 0 fully saturated rings. The average molecular weight is 200 g/mol. The Hall–Kier alpha value is -1.90. The van der Waals surface area contributed by atoms with E-state index in [9.17, 15) is 4.79 Å². The van der Waals surface area contributed by atoms with Gasteiger partial charge in [0.2, 0.25) is 0 Å². The fraction of sp³-hybridized carbons (Fsp3) is 0.167. The van der Waals surface area contributed by atoms with E-state index in [1.165, 1.54) is 5.56 Å². The summed E-state index contributed by atoms with van der Waals surface area (Å²) in [5.74, 6) is 0. The molecule has 1 aromatic heterocycles. The lowest BCUT2D eigenvalue weighted by atomic mass is 10.1. The van der Waals surface area contributed by atoms with Crippen molar-refractivity contribution >= 4 is 0 Å². The molecular formula is C12H12N2O. The van der Waals surface area contributed by atoms with E-state index in [2.05, 4.69) is 9.97 Å². The number of benzene rings is 1. The quantitative estimate of drug-likeness (QED) is 0.765. The summed E-state index contributed by atoms with van der Waals surface area (Å²) >= 11 is 0. The number of rotatable bonds is 1. The zero-order chi connectivity index (χ0) is 10.8. The highest BCUT2D eigenvalue weighted by atomic mass is 16.1.